The lowest BCUT2D eigenvalue weighted by Gasteiger charge is -2.30. The molecule has 1 N–H and O–H groups in total. The maximum atomic E-state index is 12.1. The fraction of sp³-hybridized carbons (Fsp3) is 0.571. The van der Waals surface area contributed by atoms with Gasteiger partial charge in [-0.3, -0.25) is 9.59 Å². The molecule has 2 amide bonds. The van der Waals surface area contributed by atoms with E-state index in [2.05, 4.69) is 5.32 Å². The van der Waals surface area contributed by atoms with Gasteiger partial charge in [0.15, 0.2) is 5.76 Å². The summed E-state index contributed by atoms with van der Waals surface area (Å²) in [5.41, 5.74) is 0. The Bertz CT molecular complexity index is 436. The molecule has 110 valence electrons. The van der Waals surface area contributed by atoms with E-state index in [1.54, 1.807) is 24.1 Å². The number of hydrogen-bond donors (Lipinski definition) is 1. The zero-order chi connectivity index (χ0) is 14.4. The smallest absolute Gasteiger partial charge is 0.289 e. The lowest BCUT2D eigenvalue weighted by molar-refractivity contribution is -0.126. The van der Waals surface area contributed by atoms with Crippen molar-refractivity contribution in [3.8, 4) is 0 Å². The van der Waals surface area contributed by atoms with Crippen LogP contribution in [0, 0.1) is 5.92 Å². The van der Waals surface area contributed by atoms with Gasteiger partial charge in [0.25, 0.3) is 5.91 Å². The van der Waals surface area contributed by atoms with Crippen LogP contribution in [0.4, 0.5) is 0 Å². The van der Waals surface area contributed by atoms with Gasteiger partial charge in [0.2, 0.25) is 5.91 Å². The summed E-state index contributed by atoms with van der Waals surface area (Å²) in [6, 6.07) is 3.36. The summed E-state index contributed by atoms with van der Waals surface area (Å²) in [6.45, 7) is 2.21. The number of nitrogens with zero attached hydrogens (tertiary/aromatic N) is 1. The van der Waals surface area contributed by atoms with Gasteiger partial charge in [0, 0.05) is 32.7 Å². The third-order valence-corrected chi connectivity index (χ3v) is 3.49. The number of methoxy groups -OCH3 is 1. The lowest BCUT2D eigenvalue weighted by atomic mass is 9.96. The molecule has 20 heavy (non-hydrogen) atoms. The molecule has 0 atom stereocenters. The van der Waals surface area contributed by atoms with Gasteiger partial charge in [0.05, 0.1) is 12.9 Å². The Labute approximate surface area is 118 Å². The average Bonchev–Trinajstić information content (AvgIpc) is 3.01. The van der Waals surface area contributed by atoms with Crippen molar-refractivity contribution in [1.29, 1.82) is 0 Å². The van der Waals surface area contributed by atoms with Crippen molar-refractivity contribution in [3.05, 3.63) is 24.2 Å². The molecule has 2 rings (SSSR count). The third-order valence-electron chi connectivity index (χ3n) is 3.49. The molecule has 1 fully saturated rings. The van der Waals surface area contributed by atoms with E-state index < -0.39 is 0 Å². The Morgan fingerprint density at radius 1 is 1.45 bits per heavy atom. The number of piperidine rings is 1. The Kier molecular flexibility index (Phi) is 5.17. The molecule has 1 aliphatic heterocycles. The van der Waals surface area contributed by atoms with E-state index in [9.17, 15) is 9.59 Å². The van der Waals surface area contributed by atoms with Crippen LogP contribution in [-0.2, 0) is 9.53 Å². The van der Waals surface area contributed by atoms with Crippen LogP contribution in [0.25, 0.3) is 0 Å². The monoisotopic (exact) mass is 280 g/mol. The standard InChI is InChI=1S/C14H20N2O4/c1-19-10-6-15-13(17)11-4-7-16(8-5-11)14(18)12-3-2-9-20-12/h2-3,9,11H,4-8,10H2,1H3,(H,15,17). The van der Waals surface area contributed by atoms with E-state index in [4.69, 9.17) is 9.15 Å². The Balaban J connectivity index is 1.77. The largest absolute Gasteiger partial charge is 0.459 e. The minimum atomic E-state index is -0.103. The molecule has 0 radical (unpaired) electrons. The fourth-order valence-corrected chi connectivity index (χ4v) is 2.32. The minimum Gasteiger partial charge on any atom is -0.459 e. The summed E-state index contributed by atoms with van der Waals surface area (Å²) in [6.07, 6.45) is 2.86. The van der Waals surface area contributed by atoms with Gasteiger partial charge in [-0.1, -0.05) is 0 Å². The zero-order valence-corrected chi connectivity index (χ0v) is 11.6. The number of rotatable bonds is 5. The van der Waals surface area contributed by atoms with E-state index >= 15 is 0 Å². The van der Waals surface area contributed by atoms with Gasteiger partial charge in [0.1, 0.15) is 0 Å². The van der Waals surface area contributed by atoms with Crippen LogP contribution in [0.2, 0.25) is 0 Å². The Morgan fingerprint density at radius 2 is 2.20 bits per heavy atom. The molecule has 0 aliphatic carbocycles. The summed E-state index contributed by atoms with van der Waals surface area (Å²) < 4.78 is 10.00. The number of amides is 2. The highest BCUT2D eigenvalue weighted by Gasteiger charge is 2.28. The van der Waals surface area contributed by atoms with E-state index in [1.165, 1.54) is 6.26 Å². The number of carbonyl (C=O) groups excluding carboxylic acids is 2. The lowest BCUT2D eigenvalue weighted by Crippen LogP contribution is -2.43. The van der Waals surface area contributed by atoms with Gasteiger partial charge < -0.3 is 19.4 Å². The van der Waals surface area contributed by atoms with E-state index in [0.29, 0.717) is 44.8 Å². The second kappa shape index (κ2) is 7.09. The van der Waals surface area contributed by atoms with Crippen molar-refractivity contribution in [3.63, 3.8) is 0 Å². The Hall–Kier alpha value is -1.82. The van der Waals surface area contributed by atoms with E-state index in [1.807, 2.05) is 0 Å². The first-order chi connectivity index (χ1) is 9.72. The summed E-state index contributed by atoms with van der Waals surface area (Å²) in [5.74, 6) is 0.279. The molecular weight excluding hydrogens is 260 g/mol. The summed E-state index contributed by atoms with van der Waals surface area (Å²) in [5, 5.41) is 2.84. The second-order valence-electron chi connectivity index (χ2n) is 4.83. The quantitative estimate of drug-likeness (QED) is 0.813. The number of furan rings is 1. The number of nitrogens with one attached hydrogen (secondary N) is 1. The topological polar surface area (TPSA) is 71.8 Å². The molecular formula is C14H20N2O4. The van der Waals surface area contributed by atoms with Crippen molar-refractivity contribution in [2.75, 3.05) is 33.4 Å². The van der Waals surface area contributed by atoms with E-state index in [0.717, 1.165) is 0 Å². The van der Waals surface area contributed by atoms with Gasteiger partial charge in [-0.05, 0) is 25.0 Å². The minimum absolute atomic E-state index is 0.0208. The highest BCUT2D eigenvalue weighted by atomic mass is 16.5. The predicted molar refractivity (Wildman–Crippen MR) is 72.2 cm³/mol. The van der Waals surface area contributed by atoms with Crippen LogP contribution in [0.3, 0.4) is 0 Å². The molecule has 1 aromatic heterocycles. The second-order valence-corrected chi connectivity index (χ2v) is 4.83. The van der Waals surface area contributed by atoms with Crippen LogP contribution in [0.5, 0.6) is 0 Å². The van der Waals surface area contributed by atoms with Crippen molar-refractivity contribution < 1.29 is 18.7 Å². The molecule has 2 heterocycles. The van der Waals surface area contributed by atoms with Crippen molar-refractivity contribution in [1.82, 2.24) is 10.2 Å². The molecule has 0 spiro atoms. The highest BCUT2D eigenvalue weighted by Crippen LogP contribution is 2.19. The molecule has 1 aliphatic rings. The third kappa shape index (κ3) is 3.60. The average molecular weight is 280 g/mol. The normalized spacial score (nSPS) is 16.1. The van der Waals surface area contributed by atoms with E-state index in [-0.39, 0.29) is 17.7 Å². The molecule has 1 saturated heterocycles. The molecule has 1 aromatic rings. The van der Waals surface area contributed by atoms with Crippen LogP contribution in [0.15, 0.2) is 22.8 Å². The molecule has 0 saturated carbocycles. The van der Waals surface area contributed by atoms with Crippen molar-refractivity contribution >= 4 is 11.8 Å². The summed E-state index contributed by atoms with van der Waals surface area (Å²) in [4.78, 5) is 25.7. The SMILES string of the molecule is COCCNC(=O)C1CCN(C(=O)c2ccco2)CC1. The molecule has 0 unspecified atom stereocenters. The first-order valence-corrected chi connectivity index (χ1v) is 6.82. The molecule has 0 aromatic carbocycles. The molecule has 0 bridgehead atoms. The van der Waals surface area contributed by atoms with Crippen LogP contribution >= 0.6 is 0 Å². The van der Waals surface area contributed by atoms with Gasteiger partial charge in [-0.15, -0.1) is 0 Å². The zero-order valence-electron chi connectivity index (χ0n) is 11.6. The van der Waals surface area contributed by atoms with Crippen LogP contribution < -0.4 is 5.32 Å². The fourth-order valence-electron chi connectivity index (χ4n) is 2.32. The molecule has 6 nitrogen and oxygen atoms in total. The number of likely N-dealkylation sites (tertiary alicyclic amines) is 1. The number of hydrogen-bond acceptors (Lipinski definition) is 4. The van der Waals surface area contributed by atoms with Crippen LogP contribution in [-0.4, -0.2) is 50.1 Å². The first-order valence-electron chi connectivity index (χ1n) is 6.82. The summed E-state index contributed by atoms with van der Waals surface area (Å²) in [7, 11) is 1.60. The van der Waals surface area contributed by atoms with Crippen molar-refractivity contribution in [2.24, 2.45) is 5.92 Å². The van der Waals surface area contributed by atoms with Gasteiger partial charge >= 0.3 is 0 Å². The maximum Gasteiger partial charge on any atom is 0.289 e. The molecule has 6 heteroatoms. The number of ether oxygens (including phenoxy) is 1. The van der Waals surface area contributed by atoms with Gasteiger partial charge in [-0.25, -0.2) is 0 Å². The van der Waals surface area contributed by atoms with Gasteiger partial charge in [-0.2, -0.15) is 0 Å². The van der Waals surface area contributed by atoms with Crippen LogP contribution in [0.1, 0.15) is 23.4 Å². The highest BCUT2D eigenvalue weighted by molar-refractivity contribution is 5.91. The predicted octanol–water partition coefficient (Wildman–Crippen LogP) is 0.894. The number of carbonyl (C=O) groups is 2. The maximum absolute atomic E-state index is 12.1. The van der Waals surface area contributed by atoms with Crippen molar-refractivity contribution in [2.45, 2.75) is 12.8 Å². The first kappa shape index (κ1) is 14.6. The Morgan fingerprint density at radius 3 is 2.80 bits per heavy atom. The summed E-state index contributed by atoms with van der Waals surface area (Å²) >= 11 is 0.